The third-order valence-electron chi connectivity index (χ3n) is 4.51. The van der Waals surface area contributed by atoms with Gasteiger partial charge in [0.2, 0.25) is 0 Å². The minimum atomic E-state index is -0.114. The van der Waals surface area contributed by atoms with Crippen LogP contribution in [-0.4, -0.2) is 27.8 Å². The zero-order valence-corrected chi connectivity index (χ0v) is 16.8. The Hall–Kier alpha value is -3.15. The molecule has 0 aliphatic rings. The normalized spacial score (nSPS) is 10.9. The minimum Gasteiger partial charge on any atom is -0.497 e. The van der Waals surface area contributed by atoms with Crippen molar-refractivity contribution in [1.29, 1.82) is 0 Å². The first kappa shape index (κ1) is 19.6. The van der Waals surface area contributed by atoms with Gasteiger partial charge in [-0.05, 0) is 55.2 Å². The second kappa shape index (κ2) is 8.69. The molecule has 0 fully saturated rings. The van der Waals surface area contributed by atoms with E-state index in [2.05, 4.69) is 24.1 Å². The maximum absolute atomic E-state index is 13.0. The molecule has 3 rings (SSSR count). The fourth-order valence-corrected chi connectivity index (χ4v) is 3.13. The summed E-state index contributed by atoms with van der Waals surface area (Å²) in [5.74, 6) is 1.06. The smallest absolute Gasteiger partial charge is 0.255 e. The zero-order chi connectivity index (χ0) is 20.1. The van der Waals surface area contributed by atoms with Gasteiger partial charge in [-0.3, -0.25) is 9.78 Å². The number of ether oxygens (including phenoxy) is 1. The van der Waals surface area contributed by atoms with E-state index in [9.17, 15) is 4.79 Å². The highest BCUT2D eigenvalue weighted by atomic mass is 16.5. The summed E-state index contributed by atoms with van der Waals surface area (Å²) in [6.07, 6.45) is 4.21. The summed E-state index contributed by atoms with van der Waals surface area (Å²) in [5.41, 5.74) is 4.14. The van der Waals surface area contributed by atoms with Crippen molar-refractivity contribution >= 4 is 5.91 Å². The summed E-state index contributed by atoms with van der Waals surface area (Å²) in [5, 5.41) is 7.75. The second-order valence-electron chi connectivity index (χ2n) is 7.16. The number of aromatic nitrogens is 3. The molecule has 0 radical (unpaired) electrons. The third-order valence-corrected chi connectivity index (χ3v) is 4.51. The van der Waals surface area contributed by atoms with Crippen molar-refractivity contribution in [2.24, 2.45) is 5.92 Å². The van der Waals surface area contributed by atoms with Gasteiger partial charge >= 0.3 is 0 Å². The Bertz CT molecular complexity index is 931. The van der Waals surface area contributed by atoms with Crippen LogP contribution in [0.2, 0.25) is 0 Å². The van der Waals surface area contributed by atoms with Gasteiger partial charge in [0.15, 0.2) is 0 Å². The highest BCUT2D eigenvalue weighted by molar-refractivity contribution is 5.96. The first-order chi connectivity index (χ1) is 13.5. The van der Waals surface area contributed by atoms with Crippen LogP contribution in [0.3, 0.4) is 0 Å². The molecule has 1 N–H and O–H groups in total. The number of carbonyl (C=O) groups is 1. The van der Waals surface area contributed by atoms with E-state index in [-0.39, 0.29) is 5.91 Å². The van der Waals surface area contributed by atoms with Crippen molar-refractivity contribution in [3.8, 4) is 11.4 Å². The summed E-state index contributed by atoms with van der Waals surface area (Å²) in [6, 6.07) is 11.5. The summed E-state index contributed by atoms with van der Waals surface area (Å²) in [4.78, 5) is 17.1. The number of rotatable bonds is 7. The van der Waals surface area contributed by atoms with Crippen LogP contribution in [0.15, 0.2) is 48.8 Å². The molecule has 1 amide bonds. The van der Waals surface area contributed by atoms with E-state index in [1.165, 1.54) is 0 Å². The van der Waals surface area contributed by atoms with E-state index in [0.29, 0.717) is 18.0 Å². The van der Waals surface area contributed by atoms with Gasteiger partial charge < -0.3 is 10.1 Å². The molecule has 1 aromatic carbocycles. The molecule has 28 heavy (non-hydrogen) atoms. The summed E-state index contributed by atoms with van der Waals surface area (Å²) >= 11 is 0. The van der Waals surface area contributed by atoms with E-state index in [4.69, 9.17) is 9.84 Å². The number of methoxy groups -OCH3 is 1. The fourth-order valence-electron chi connectivity index (χ4n) is 3.13. The molecule has 0 spiro atoms. The average molecular weight is 378 g/mol. The van der Waals surface area contributed by atoms with Crippen LogP contribution in [0.25, 0.3) is 5.69 Å². The van der Waals surface area contributed by atoms with E-state index in [0.717, 1.165) is 34.8 Å². The average Bonchev–Trinajstić information content (AvgIpc) is 3.02. The van der Waals surface area contributed by atoms with Crippen molar-refractivity contribution in [2.75, 3.05) is 7.11 Å². The Kier molecular flexibility index (Phi) is 6.09. The Morgan fingerprint density at radius 2 is 1.96 bits per heavy atom. The Morgan fingerprint density at radius 3 is 2.57 bits per heavy atom. The SMILES string of the molecule is COc1ccc(-n2nc(CC(C)C)c(C(=O)NCc3cccnc3)c2C)cc1. The highest BCUT2D eigenvalue weighted by Crippen LogP contribution is 2.22. The van der Waals surface area contributed by atoms with Crippen LogP contribution in [0, 0.1) is 12.8 Å². The van der Waals surface area contributed by atoms with Crippen molar-refractivity contribution in [3.05, 3.63) is 71.3 Å². The number of amides is 1. The number of pyridine rings is 1. The van der Waals surface area contributed by atoms with Crippen LogP contribution in [-0.2, 0) is 13.0 Å². The highest BCUT2D eigenvalue weighted by Gasteiger charge is 2.22. The predicted molar refractivity (Wildman–Crippen MR) is 109 cm³/mol. The van der Waals surface area contributed by atoms with Gasteiger partial charge in [-0.15, -0.1) is 0 Å². The predicted octanol–water partition coefficient (Wildman–Crippen LogP) is 3.71. The zero-order valence-electron chi connectivity index (χ0n) is 16.8. The number of carbonyl (C=O) groups excluding carboxylic acids is 1. The Morgan fingerprint density at radius 1 is 1.21 bits per heavy atom. The molecule has 6 heteroatoms. The lowest BCUT2D eigenvalue weighted by molar-refractivity contribution is 0.0949. The van der Waals surface area contributed by atoms with Gasteiger partial charge in [0.1, 0.15) is 5.75 Å². The van der Waals surface area contributed by atoms with Crippen LogP contribution in [0.5, 0.6) is 5.75 Å². The molecule has 0 unspecified atom stereocenters. The third kappa shape index (κ3) is 4.39. The van der Waals surface area contributed by atoms with Crippen LogP contribution in [0.1, 0.15) is 41.2 Å². The van der Waals surface area contributed by atoms with Gasteiger partial charge in [-0.1, -0.05) is 19.9 Å². The van der Waals surface area contributed by atoms with E-state index >= 15 is 0 Å². The van der Waals surface area contributed by atoms with Gasteiger partial charge in [-0.25, -0.2) is 4.68 Å². The maximum Gasteiger partial charge on any atom is 0.255 e. The molecular weight excluding hydrogens is 352 g/mol. The number of hydrogen-bond donors (Lipinski definition) is 1. The lowest BCUT2D eigenvalue weighted by atomic mass is 10.0. The van der Waals surface area contributed by atoms with Crippen molar-refractivity contribution < 1.29 is 9.53 Å². The fraction of sp³-hybridized carbons (Fsp3) is 0.318. The largest absolute Gasteiger partial charge is 0.497 e. The van der Waals surface area contributed by atoms with Gasteiger partial charge in [-0.2, -0.15) is 5.10 Å². The Labute approximate surface area is 165 Å². The molecule has 2 aromatic heterocycles. The first-order valence-electron chi connectivity index (χ1n) is 9.39. The first-order valence-corrected chi connectivity index (χ1v) is 9.39. The molecule has 0 atom stereocenters. The van der Waals surface area contributed by atoms with Gasteiger partial charge in [0, 0.05) is 18.9 Å². The van der Waals surface area contributed by atoms with Gasteiger partial charge in [0.25, 0.3) is 5.91 Å². The molecule has 2 heterocycles. The van der Waals surface area contributed by atoms with Gasteiger partial charge in [0.05, 0.1) is 29.7 Å². The number of nitrogens with one attached hydrogen (secondary N) is 1. The van der Waals surface area contributed by atoms with Crippen LogP contribution in [0.4, 0.5) is 0 Å². The summed E-state index contributed by atoms with van der Waals surface area (Å²) in [6.45, 7) is 6.61. The second-order valence-corrected chi connectivity index (χ2v) is 7.16. The molecule has 0 aliphatic carbocycles. The lowest BCUT2D eigenvalue weighted by Gasteiger charge is -2.08. The molecule has 0 saturated carbocycles. The van der Waals surface area contributed by atoms with Crippen LogP contribution >= 0.6 is 0 Å². The van der Waals surface area contributed by atoms with E-state index < -0.39 is 0 Å². The van der Waals surface area contributed by atoms with Crippen molar-refractivity contribution in [3.63, 3.8) is 0 Å². The monoisotopic (exact) mass is 378 g/mol. The topological polar surface area (TPSA) is 69.0 Å². The van der Waals surface area contributed by atoms with Crippen LogP contribution < -0.4 is 10.1 Å². The molecule has 0 saturated heterocycles. The minimum absolute atomic E-state index is 0.114. The number of nitrogens with zero attached hydrogens (tertiary/aromatic N) is 3. The van der Waals surface area contributed by atoms with E-state index in [1.54, 1.807) is 19.5 Å². The maximum atomic E-state index is 13.0. The Balaban J connectivity index is 1.91. The molecular formula is C22H26N4O2. The number of benzene rings is 1. The standard InChI is InChI=1S/C22H26N4O2/c1-15(2)12-20-21(22(27)24-14-17-6-5-11-23-13-17)16(3)26(25-20)18-7-9-19(28-4)10-8-18/h5-11,13,15H,12,14H2,1-4H3,(H,24,27). The molecule has 6 nitrogen and oxygen atoms in total. The molecule has 3 aromatic rings. The number of hydrogen-bond acceptors (Lipinski definition) is 4. The summed E-state index contributed by atoms with van der Waals surface area (Å²) < 4.78 is 7.06. The molecule has 0 aliphatic heterocycles. The van der Waals surface area contributed by atoms with Crippen molar-refractivity contribution in [1.82, 2.24) is 20.1 Å². The quantitative estimate of drug-likeness (QED) is 0.680. The molecule has 146 valence electrons. The van der Waals surface area contributed by atoms with E-state index in [1.807, 2.05) is 48.0 Å². The lowest BCUT2D eigenvalue weighted by Crippen LogP contribution is -2.24. The van der Waals surface area contributed by atoms with Crippen molar-refractivity contribution in [2.45, 2.75) is 33.7 Å². The molecule has 0 bridgehead atoms. The summed E-state index contributed by atoms with van der Waals surface area (Å²) in [7, 11) is 1.64.